The van der Waals surface area contributed by atoms with Crippen LogP contribution in [0.5, 0.6) is 5.75 Å². The van der Waals surface area contributed by atoms with Crippen molar-refractivity contribution < 1.29 is 44.9 Å². The Bertz CT molecular complexity index is 636. The molecule has 0 saturated heterocycles. The van der Waals surface area contributed by atoms with E-state index >= 15 is 0 Å². The van der Waals surface area contributed by atoms with Crippen molar-refractivity contribution in [2.24, 2.45) is 5.92 Å². The number of rotatable bonds is 15. The van der Waals surface area contributed by atoms with E-state index in [1.54, 1.807) is 24.3 Å². The SMILES string of the molecule is CC.CNCCNC(=O)c1cccc(OCCOCCOCO[N-]CC#CC(C)C)c1.[W]. The molecule has 0 spiro atoms. The van der Waals surface area contributed by atoms with Gasteiger partial charge in [0.2, 0.25) is 0 Å². The van der Waals surface area contributed by atoms with Gasteiger partial charge in [0.1, 0.15) is 19.1 Å². The van der Waals surface area contributed by atoms with Gasteiger partial charge in [-0.05, 0) is 25.2 Å². The van der Waals surface area contributed by atoms with Crippen molar-refractivity contribution in [3.05, 3.63) is 35.3 Å². The zero-order valence-corrected chi connectivity index (χ0v) is 22.9. The molecule has 0 saturated carbocycles. The predicted octanol–water partition coefficient (Wildman–Crippen LogP) is 2.99. The molecule has 0 radical (unpaired) electrons. The Morgan fingerprint density at radius 3 is 2.53 bits per heavy atom. The maximum absolute atomic E-state index is 12.0. The summed E-state index contributed by atoms with van der Waals surface area (Å²) in [5.41, 5.74) is 4.34. The Morgan fingerprint density at radius 2 is 1.81 bits per heavy atom. The van der Waals surface area contributed by atoms with Crippen LogP contribution in [0.15, 0.2) is 24.3 Å². The Balaban J connectivity index is 0. The van der Waals surface area contributed by atoms with Gasteiger partial charge in [0.05, 0.1) is 19.8 Å². The number of nitrogens with zero attached hydrogens (tertiary/aromatic N) is 1. The predicted molar refractivity (Wildman–Crippen MR) is 123 cm³/mol. The minimum Gasteiger partial charge on any atom is -0.522 e. The van der Waals surface area contributed by atoms with Gasteiger partial charge in [0, 0.05) is 45.6 Å². The van der Waals surface area contributed by atoms with E-state index in [0.717, 1.165) is 6.54 Å². The van der Waals surface area contributed by atoms with Crippen LogP contribution >= 0.6 is 0 Å². The first kappa shape index (κ1) is 32.7. The fraction of sp³-hybridized carbons (Fsp3) is 0.609. The molecule has 8 nitrogen and oxygen atoms in total. The molecule has 0 aliphatic heterocycles. The third-order valence-corrected chi connectivity index (χ3v) is 3.39. The molecule has 0 heterocycles. The van der Waals surface area contributed by atoms with Crippen molar-refractivity contribution in [2.75, 3.05) is 59.9 Å². The van der Waals surface area contributed by atoms with Crippen LogP contribution in [0.3, 0.4) is 0 Å². The monoisotopic (exact) mass is 620 g/mol. The smallest absolute Gasteiger partial charge is 0.251 e. The van der Waals surface area contributed by atoms with Crippen LogP contribution < -0.4 is 15.4 Å². The number of amides is 1. The molecular formula is C23H38N3O5W-. The zero-order chi connectivity index (χ0) is 23.2. The molecule has 1 rings (SSSR count). The first-order chi connectivity index (χ1) is 15.1. The summed E-state index contributed by atoms with van der Waals surface area (Å²) < 4.78 is 16.3. The minimum atomic E-state index is -0.125. The summed E-state index contributed by atoms with van der Waals surface area (Å²) in [6, 6.07) is 7.06. The van der Waals surface area contributed by atoms with E-state index in [1.165, 1.54) is 0 Å². The number of hydroxylamine groups is 1. The molecule has 32 heavy (non-hydrogen) atoms. The third-order valence-electron chi connectivity index (χ3n) is 3.39. The summed E-state index contributed by atoms with van der Waals surface area (Å²) in [6.45, 7) is 11.4. The first-order valence-electron chi connectivity index (χ1n) is 10.7. The van der Waals surface area contributed by atoms with Gasteiger partial charge in [0.15, 0.2) is 0 Å². The summed E-state index contributed by atoms with van der Waals surface area (Å²) >= 11 is 0. The van der Waals surface area contributed by atoms with E-state index in [2.05, 4.69) is 28.0 Å². The van der Waals surface area contributed by atoms with Crippen LogP contribution in [0.1, 0.15) is 38.1 Å². The second kappa shape index (κ2) is 24.2. The average Bonchev–Trinajstić information content (AvgIpc) is 2.78. The molecule has 9 heteroatoms. The van der Waals surface area contributed by atoms with Gasteiger partial charge in [-0.25, -0.2) is 0 Å². The Labute approximate surface area is 207 Å². The number of ether oxygens (including phenoxy) is 3. The van der Waals surface area contributed by atoms with Crippen molar-refractivity contribution in [2.45, 2.75) is 27.7 Å². The molecule has 1 aromatic rings. The normalized spacial score (nSPS) is 9.69. The molecule has 0 bridgehead atoms. The fourth-order valence-corrected chi connectivity index (χ4v) is 2.03. The van der Waals surface area contributed by atoms with Crippen molar-refractivity contribution in [3.63, 3.8) is 0 Å². The maximum atomic E-state index is 12.0. The summed E-state index contributed by atoms with van der Waals surface area (Å²) in [5.74, 6) is 6.71. The second-order valence-corrected chi connectivity index (χ2v) is 6.27. The van der Waals surface area contributed by atoms with Crippen LogP contribution in [0.4, 0.5) is 0 Å². The molecule has 2 N–H and O–H groups in total. The van der Waals surface area contributed by atoms with Crippen LogP contribution in [0, 0.1) is 17.8 Å². The van der Waals surface area contributed by atoms with E-state index in [0.29, 0.717) is 56.7 Å². The molecule has 0 fully saturated rings. The number of benzene rings is 1. The molecule has 1 aromatic carbocycles. The zero-order valence-electron chi connectivity index (χ0n) is 19.9. The van der Waals surface area contributed by atoms with Gasteiger partial charge in [-0.15, -0.1) is 11.8 Å². The van der Waals surface area contributed by atoms with Gasteiger partial charge >= 0.3 is 0 Å². The quantitative estimate of drug-likeness (QED) is 0.136. The van der Waals surface area contributed by atoms with Crippen molar-refractivity contribution in [1.29, 1.82) is 0 Å². The van der Waals surface area contributed by atoms with Crippen LogP contribution in [0.2, 0.25) is 0 Å². The van der Waals surface area contributed by atoms with E-state index < -0.39 is 0 Å². The van der Waals surface area contributed by atoms with E-state index in [1.807, 2.05) is 34.7 Å². The first-order valence-corrected chi connectivity index (χ1v) is 10.7. The van der Waals surface area contributed by atoms with Crippen LogP contribution in [-0.4, -0.2) is 65.8 Å². The number of likely N-dealkylation sites (N-methyl/N-ethyl adjacent to an activating group) is 1. The molecular weight excluding hydrogens is 582 g/mol. The van der Waals surface area contributed by atoms with Crippen molar-refractivity contribution >= 4 is 5.91 Å². The Hall–Kier alpha value is -1.46. The van der Waals surface area contributed by atoms with Gasteiger partial charge in [-0.3, -0.25) is 4.79 Å². The van der Waals surface area contributed by atoms with Crippen LogP contribution in [0.25, 0.3) is 5.48 Å². The Morgan fingerprint density at radius 1 is 1.09 bits per heavy atom. The molecule has 182 valence electrons. The van der Waals surface area contributed by atoms with Crippen molar-refractivity contribution in [1.82, 2.24) is 10.6 Å². The minimum absolute atomic E-state index is 0. The summed E-state index contributed by atoms with van der Waals surface area (Å²) in [6.07, 6.45) is 0. The van der Waals surface area contributed by atoms with Gasteiger partial charge in [0.25, 0.3) is 5.91 Å². The molecule has 0 atom stereocenters. The molecule has 0 aromatic heterocycles. The van der Waals surface area contributed by atoms with Gasteiger partial charge < -0.3 is 35.2 Å². The molecule has 0 aliphatic carbocycles. The number of hydrogen-bond donors (Lipinski definition) is 2. The second-order valence-electron chi connectivity index (χ2n) is 6.27. The number of nitrogens with one attached hydrogen (secondary N) is 2. The summed E-state index contributed by atoms with van der Waals surface area (Å²) in [5, 5.41) is 5.80. The Kier molecular flexibility index (Phi) is 24.7. The number of carbonyl (C=O) groups excluding carboxylic acids is 1. The summed E-state index contributed by atoms with van der Waals surface area (Å²) in [7, 11) is 1.84. The summed E-state index contributed by atoms with van der Waals surface area (Å²) in [4.78, 5) is 17.0. The largest absolute Gasteiger partial charge is 0.522 e. The van der Waals surface area contributed by atoms with Crippen molar-refractivity contribution in [3.8, 4) is 17.6 Å². The van der Waals surface area contributed by atoms with Gasteiger partial charge in [-0.2, -0.15) is 0 Å². The average molecular weight is 620 g/mol. The standard InChI is InChI=1S/C21H32N3O5.C2H6.W/c1-18(2)6-5-9-24-29-17-27-13-12-26-14-15-28-20-8-4-7-19(16-20)21(25)23-11-10-22-3;1-2;/h4,7-8,16,18,22H,9-15,17H2,1-3H3,(H,23,25);1-2H3;/q-1;;. The van der Waals surface area contributed by atoms with E-state index in [-0.39, 0.29) is 33.8 Å². The fourth-order valence-electron chi connectivity index (χ4n) is 2.03. The molecule has 0 aliphatic rings. The molecule has 1 amide bonds. The van der Waals surface area contributed by atoms with Crippen LogP contribution in [-0.2, 0) is 35.4 Å². The number of hydrogen-bond acceptors (Lipinski definition) is 6. The maximum Gasteiger partial charge on any atom is 0.251 e. The third kappa shape index (κ3) is 19.2. The van der Waals surface area contributed by atoms with E-state index in [4.69, 9.17) is 19.0 Å². The topological polar surface area (TPSA) is 92.2 Å². The van der Waals surface area contributed by atoms with Gasteiger partial charge in [-0.1, -0.05) is 40.3 Å². The number of carbonyl (C=O) groups is 1. The molecule has 0 unspecified atom stereocenters. The van der Waals surface area contributed by atoms with E-state index in [9.17, 15) is 4.79 Å².